The van der Waals surface area contributed by atoms with Crippen molar-refractivity contribution in [3.8, 4) is 11.1 Å². The smallest absolute Gasteiger partial charge is 0.407 e. The number of ether oxygens (including phenoxy) is 1. The first-order chi connectivity index (χ1) is 16.5. The Bertz CT molecular complexity index is 1050. The first kappa shape index (κ1) is 22.4. The maximum Gasteiger partial charge on any atom is 0.407 e. The van der Waals surface area contributed by atoms with Gasteiger partial charge in [-0.1, -0.05) is 61.4 Å². The molecule has 1 aliphatic heterocycles. The molecule has 2 atom stereocenters. The van der Waals surface area contributed by atoms with E-state index in [1.54, 1.807) is 0 Å². The highest BCUT2D eigenvalue weighted by atomic mass is 16.5. The van der Waals surface area contributed by atoms with Gasteiger partial charge in [-0.2, -0.15) is 0 Å². The quantitative estimate of drug-likeness (QED) is 0.644. The summed E-state index contributed by atoms with van der Waals surface area (Å²) < 4.78 is 5.70. The summed E-state index contributed by atoms with van der Waals surface area (Å²) in [5.74, 6) is -1.01. The fourth-order valence-corrected chi connectivity index (χ4v) is 5.73. The van der Waals surface area contributed by atoms with Crippen LogP contribution >= 0.6 is 0 Å². The Hall–Kier alpha value is -3.35. The Morgan fingerprint density at radius 3 is 2.15 bits per heavy atom. The molecule has 1 heterocycles. The van der Waals surface area contributed by atoms with Crippen molar-refractivity contribution in [2.24, 2.45) is 5.92 Å². The molecule has 1 saturated carbocycles. The monoisotopic (exact) mass is 462 g/mol. The van der Waals surface area contributed by atoms with Gasteiger partial charge in [-0.3, -0.25) is 4.79 Å². The molecule has 0 radical (unpaired) electrons. The standard InChI is InChI=1S/C27H30N2O5/c30-25(29-14-13-24(29)26(31)32)15-23(17-7-1-2-8-17)28-27(33)34-16-22-20-11-5-3-9-18(20)19-10-4-6-12-21(19)22/h3-6,9-12,17,22-24H,1-2,7-8,13-16H2,(H,28,33)(H,31,32). The summed E-state index contributed by atoms with van der Waals surface area (Å²) in [6.45, 7) is 0.677. The number of carbonyl (C=O) groups is 3. The summed E-state index contributed by atoms with van der Waals surface area (Å²) >= 11 is 0. The normalized spacial score (nSPS) is 20.2. The van der Waals surface area contributed by atoms with Gasteiger partial charge >= 0.3 is 12.1 Å². The lowest BCUT2D eigenvalue weighted by Crippen LogP contribution is -2.56. The average Bonchev–Trinajstić information content (AvgIpc) is 3.43. The lowest BCUT2D eigenvalue weighted by molar-refractivity contribution is -0.157. The van der Waals surface area contributed by atoms with Gasteiger partial charge in [0.15, 0.2) is 0 Å². The van der Waals surface area contributed by atoms with E-state index in [2.05, 4.69) is 29.6 Å². The number of carboxylic acid groups (broad SMARTS) is 1. The van der Waals surface area contributed by atoms with Crippen LogP contribution in [0.3, 0.4) is 0 Å². The minimum Gasteiger partial charge on any atom is -0.480 e. The first-order valence-electron chi connectivity index (χ1n) is 12.2. The maximum atomic E-state index is 12.8. The Kier molecular flexibility index (Phi) is 6.26. The summed E-state index contributed by atoms with van der Waals surface area (Å²) in [5.41, 5.74) is 4.64. The molecule has 2 unspecified atom stereocenters. The summed E-state index contributed by atoms with van der Waals surface area (Å²) in [5, 5.41) is 12.2. The number of hydrogen-bond donors (Lipinski definition) is 2. The highest BCUT2D eigenvalue weighted by molar-refractivity contribution is 5.86. The highest BCUT2D eigenvalue weighted by Gasteiger charge is 2.39. The van der Waals surface area contributed by atoms with Crippen LogP contribution in [0, 0.1) is 5.92 Å². The summed E-state index contributed by atoms with van der Waals surface area (Å²) in [6.07, 6.45) is 4.11. The van der Waals surface area contributed by atoms with Gasteiger partial charge in [-0.15, -0.1) is 0 Å². The number of likely N-dealkylation sites (tertiary alicyclic amines) is 1. The van der Waals surface area contributed by atoms with Gasteiger partial charge in [0.05, 0.1) is 0 Å². The van der Waals surface area contributed by atoms with Crippen LogP contribution in [0.1, 0.15) is 55.6 Å². The van der Waals surface area contributed by atoms with E-state index in [1.165, 1.54) is 16.0 Å². The molecule has 2 amide bonds. The predicted octanol–water partition coefficient (Wildman–Crippen LogP) is 4.16. The number of nitrogens with zero attached hydrogens (tertiary/aromatic N) is 1. The van der Waals surface area contributed by atoms with Gasteiger partial charge in [-0.05, 0) is 47.4 Å². The molecule has 3 aliphatic rings. The van der Waals surface area contributed by atoms with E-state index >= 15 is 0 Å². The van der Waals surface area contributed by atoms with Crippen molar-refractivity contribution < 1.29 is 24.2 Å². The molecule has 2 N–H and O–H groups in total. The van der Waals surface area contributed by atoms with E-state index in [0.29, 0.717) is 13.0 Å². The van der Waals surface area contributed by atoms with Crippen molar-refractivity contribution >= 4 is 18.0 Å². The number of carbonyl (C=O) groups excluding carboxylic acids is 2. The Labute approximate surface area is 199 Å². The number of alkyl carbamates (subject to hydrolysis) is 1. The molecule has 0 aromatic heterocycles. The molecule has 2 fully saturated rings. The van der Waals surface area contributed by atoms with E-state index in [4.69, 9.17) is 4.74 Å². The molecule has 1 saturated heterocycles. The molecule has 2 aliphatic carbocycles. The van der Waals surface area contributed by atoms with Crippen LogP contribution in [-0.2, 0) is 14.3 Å². The fraction of sp³-hybridized carbons (Fsp3) is 0.444. The van der Waals surface area contributed by atoms with E-state index in [1.807, 2.05) is 24.3 Å². The van der Waals surface area contributed by atoms with Crippen LogP contribution in [0.4, 0.5) is 4.79 Å². The van der Waals surface area contributed by atoms with E-state index < -0.39 is 18.1 Å². The molecule has 7 heteroatoms. The Morgan fingerprint density at radius 2 is 1.59 bits per heavy atom. The van der Waals surface area contributed by atoms with E-state index in [0.717, 1.165) is 36.8 Å². The van der Waals surface area contributed by atoms with Gasteiger partial charge in [0.25, 0.3) is 0 Å². The first-order valence-corrected chi connectivity index (χ1v) is 12.2. The van der Waals surface area contributed by atoms with Crippen LogP contribution < -0.4 is 5.32 Å². The van der Waals surface area contributed by atoms with E-state index in [-0.39, 0.29) is 36.8 Å². The SMILES string of the molecule is O=C(NC(CC(=O)N1CCC1C(=O)O)C1CCCC1)OCC1c2ccccc2-c2ccccc21. The van der Waals surface area contributed by atoms with Crippen molar-refractivity contribution in [2.45, 2.75) is 56.5 Å². The molecule has 7 nitrogen and oxygen atoms in total. The number of nitrogens with one attached hydrogen (secondary N) is 1. The summed E-state index contributed by atoms with van der Waals surface area (Å²) in [4.78, 5) is 38.4. The Balaban J connectivity index is 1.24. The summed E-state index contributed by atoms with van der Waals surface area (Å²) in [7, 11) is 0. The largest absolute Gasteiger partial charge is 0.480 e. The van der Waals surface area contributed by atoms with Crippen LogP contribution in [-0.4, -0.2) is 53.2 Å². The second-order valence-corrected chi connectivity index (χ2v) is 9.55. The minimum absolute atomic E-state index is 0.0258. The zero-order chi connectivity index (χ0) is 23.7. The predicted molar refractivity (Wildman–Crippen MR) is 126 cm³/mol. The van der Waals surface area contributed by atoms with Gasteiger partial charge in [0.1, 0.15) is 12.6 Å². The number of carboxylic acids is 1. The fourth-order valence-electron chi connectivity index (χ4n) is 5.73. The maximum absolute atomic E-state index is 12.8. The topological polar surface area (TPSA) is 95.9 Å². The summed E-state index contributed by atoms with van der Waals surface area (Å²) in [6, 6.07) is 15.3. The third kappa shape index (κ3) is 4.27. The molecule has 2 aromatic rings. The van der Waals surface area contributed by atoms with Crippen molar-refractivity contribution in [3.05, 3.63) is 59.7 Å². The van der Waals surface area contributed by atoms with Gasteiger partial charge in [-0.25, -0.2) is 9.59 Å². The third-order valence-electron chi connectivity index (χ3n) is 7.64. The van der Waals surface area contributed by atoms with E-state index in [9.17, 15) is 19.5 Å². The molecule has 5 rings (SSSR count). The van der Waals surface area contributed by atoms with Crippen molar-refractivity contribution in [1.29, 1.82) is 0 Å². The second-order valence-electron chi connectivity index (χ2n) is 9.55. The van der Waals surface area contributed by atoms with Crippen molar-refractivity contribution in [2.75, 3.05) is 13.2 Å². The molecule has 0 bridgehead atoms. The molecule has 2 aromatic carbocycles. The number of amides is 2. The third-order valence-corrected chi connectivity index (χ3v) is 7.64. The molecular weight excluding hydrogens is 432 g/mol. The lowest BCUT2D eigenvalue weighted by Gasteiger charge is -2.39. The van der Waals surface area contributed by atoms with Gasteiger partial charge < -0.3 is 20.1 Å². The highest BCUT2D eigenvalue weighted by Crippen LogP contribution is 2.44. The average molecular weight is 463 g/mol. The minimum atomic E-state index is -0.971. The van der Waals surface area contributed by atoms with Crippen LogP contribution in [0.15, 0.2) is 48.5 Å². The second kappa shape index (κ2) is 9.49. The number of rotatable bonds is 7. The number of aliphatic carboxylic acids is 1. The molecular formula is C27H30N2O5. The van der Waals surface area contributed by atoms with Crippen LogP contribution in [0.2, 0.25) is 0 Å². The van der Waals surface area contributed by atoms with Crippen LogP contribution in [0.5, 0.6) is 0 Å². The zero-order valence-electron chi connectivity index (χ0n) is 19.1. The molecule has 0 spiro atoms. The van der Waals surface area contributed by atoms with Crippen molar-refractivity contribution in [3.63, 3.8) is 0 Å². The zero-order valence-corrected chi connectivity index (χ0v) is 19.1. The van der Waals surface area contributed by atoms with Gasteiger partial charge in [0.2, 0.25) is 5.91 Å². The van der Waals surface area contributed by atoms with Gasteiger partial charge in [0, 0.05) is 24.9 Å². The Morgan fingerprint density at radius 1 is 0.971 bits per heavy atom. The number of fused-ring (bicyclic) bond motifs is 3. The lowest BCUT2D eigenvalue weighted by atomic mass is 9.93. The van der Waals surface area contributed by atoms with Crippen LogP contribution in [0.25, 0.3) is 11.1 Å². The molecule has 178 valence electrons. The number of benzene rings is 2. The number of hydrogen-bond acceptors (Lipinski definition) is 4. The van der Waals surface area contributed by atoms with Crippen molar-refractivity contribution in [1.82, 2.24) is 10.2 Å². The molecule has 34 heavy (non-hydrogen) atoms.